The number of nitrogens with zero attached hydrogens (tertiary/aromatic N) is 1. The number of rotatable bonds is 4. The molecule has 1 unspecified atom stereocenters. The summed E-state index contributed by atoms with van der Waals surface area (Å²) in [5.41, 5.74) is 1.04. The van der Waals surface area contributed by atoms with Gasteiger partial charge in [0, 0.05) is 0 Å². The summed E-state index contributed by atoms with van der Waals surface area (Å²) in [5.74, 6) is -0.432. The van der Waals surface area contributed by atoms with E-state index in [0.717, 1.165) is 24.9 Å². The van der Waals surface area contributed by atoms with Crippen molar-refractivity contribution in [3.63, 3.8) is 0 Å². The highest BCUT2D eigenvalue weighted by atomic mass is 19.2. The molecular formula is C13H17FN2O. The minimum atomic E-state index is -0.432. The smallest absolute Gasteiger partial charge is 0.267 e. The third-order valence-corrected chi connectivity index (χ3v) is 3.04. The Bertz CT molecular complexity index is 363. The van der Waals surface area contributed by atoms with Crippen LogP contribution in [0, 0.1) is 0 Å². The summed E-state index contributed by atoms with van der Waals surface area (Å²) in [4.78, 5) is 11.7. The van der Waals surface area contributed by atoms with Crippen molar-refractivity contribution in [2.24, 2.45) is 0 Å². The van der Waals surface area contributed by atoms with Crippen LogP contribution in [0.4, 0.5) is 4.48 Å². The van der Waals surface area contributed by atoms with Crippen LogP contribution < -0.4 is 5.32 Å². The monoisotopic (exact) mass is 236 g/mol. The van der Waals surface area contributed by atoms with Gasteiger partial charge in [-0.15, -0.1) is 0 Å². The summed E-state index contributed by atoms with van der Waals surface area (Å²) < 4.78 is 13.6. The lowest BCUT2D eigenvalue weighted by atomic mass is 10.1. The molecule has 1 atom stereocenters. The van der Waals surface area contributed by atoms with Gasteiger partial charge in [0.25, 0.3) is 5.91 Å². The molecule has 92 valence electrons. The summed E-state index contributed by atoms with van der Waals surface area (Å²) in [6.45, 7) is 0.934. The molecule has 2 rings (SSSR count). The van der Waals surface area contributed by atoms with E-state index in [2.05, 4.69) is 5.32 Å². The molecule has 4 heteroatoms. The Morgan fingerprint density at radius 2 is 2.18 bits per heavy atom. The second-order valence-corrected chi connectivity index (χ2v) is 4.31. The lowest BCUT2D eigenvalue weighted by Gasteiger charge is -2.16. The minimum absolute atomic E-state index is 0.126. The van der Waals surface area contributed by atoms with Crippen LogP contribution >= 0.6 is 0 Å². The number of nitrogens with one attached hydrogen (secondary N) is 1. The van der Waals surface area contributed by atoms with Crippen molar-refractivity contribution in [3.8, 4) is 0 Å². The Morgan fingerprint density at radius 3 is 2.82 bits per heavy atom. The molecule has 3 nitrogen and oxygen atoms in total. The van der Waals surface area contributed by atoms with Crippen molar-refractivity contribution in [3.05, 3.63) is 35.9 Å². The molecule has 1 heterocycles. The molecule has 1 saturated heterocycles. The number of benzene rings is 1. The molecule has 1 aliphatic rings. The Hall–Kier alpha value is -1.42. The Balaban J connectivity index is 1.80. The maximum absolute atomic E-state index is 13.6. The molecule has 1 fully saturated rings. The van der Waals surface area contributed by atoms with Crippen LogP contribution in [-0.4, -0.2) is 30.2 Å². The van der Waals surface area contributed by atoms with Crippen molar-refractivity contribution in [2.45, 2.75) is 25.3 Å². The zero-order valence-corrected chi connectivity index (χ0v) is 9.73. The number of halogens is 1. The van der Waals surface area contributed by atoms with Gasteiger partial charge in [0.15, 0.2) is 0 Å². The summed E-state index contributed by atoms with van der Waals surface area (Å²) >= 11 is 0. The van der Waals surface area contributed by atoms with Gasteiger partial charge in [-0.05, 0) is 31.4 Å². The van der Waals surface area contributed by atoms with E-state index < -0.39 is 5.91 Å². The van der Waals surface area contributed by atoms with Crippen LogP contribution in [0.25, 0.3) is 0 Å². The van der Waals surface area contributed by atoms with Crippen LogP contribution in [0.5, 0.6) is 0 Å². The van der Waals surface area contributed by atoms with Gasteiger partial charge in [0.2, 0.25) is 0 Å². The molecule has 1 aromatic rings. The molecule has 0 aliphatic carbocycles. The van der Waals surface area contributed by atoms with Gasteiger partial charge in [0.1, 0.15) is 0 Å². The summed E-state index contributed by atoms with van der Waals surface area (Å²) in [6.07, 6.45) is 2.24. The Labute approximate surface area is 101 Å². The molecule has 17 heavy (non-hydrogen) atoms. The molecule has 0 spiro atoms. The molecule has 0 radical (unpaired) electrons. The van der Waals surface area contributed by atoms with Crippen LogP contribution in [0.15, 0.2) is 30.3 Å². The first-order valence-electron chi connectivity index (χ1n) is 6.02. The molecule has 1 amide bonds. The van der Waals surface area contributed by atoms with E-state index in [0.29, 0.717) is 11.5 Å². The van der Waals surface area contributed by atoms with E-state index in [9.17, 15) is 9.28 Å². The highest BCUT2D eigenvalue weighted by molar-refractivity contribution is 5.81. The first kappa shape index (κ1) is 12.0. The van der Waals surface area contributed by atoms with Gasteiger partial charge in [-0.2, -0.15) is 5.12 Å². The normalized spacial score (nSPS) is 19.2. The topological polar surface area (TPSA) is 32.3 Å². The first-order chi connectivity index (χ1) is 8.27. The number of hydrogen-bond acceptors (Lipinski definition) is 2. The number of carbonyl (C=O) groups is 1. The van der Waals surface area contributed by atoms with E-state index in [1.807, 2.05) is 30.3 Å². The third kappa shape index (κ3) is 3.27. The molecule has 0 aromatic heterocycles. The molecule has 1 N–H and O–H groups in total. The quantitative estimate of drug-likeness (QED) is 0.807. The highest BCUT2D eigenvalue weighted by Gasteiger charge is 2.26. The fraction of sp³-hybridized carbons (Fsp3) is 0.462. The average Bonchev–Trinajstić information content (AvgIpc) is 2.90. The third-order valence-electron chi connectivity index (χ3n) is 3.04. The largest absolute Gasteiger partial charge is 0.306 e. The average molecular weight is 236 g/mol. The van der Waals surface area contributed by atoms with Crippen molar-refractivity contribution in [1.82, 2.24) is 10.4 Å². The molecular weight excluding hydrogens is 219 g/mol. The summed E-state index contributed by atoms with van der Waals surface area (Å²) in [7, 11) is 0. The minimum Gasteiger partial charge on any atom is -0.306 e. The van der Waals surface area contributed by atoms with E-state index in [-0.39, 0.29) is 12.6 Å². The van der Waals surface area contributed by atoms with E-state index in [1.54, 1.807) is 0 Å². The zero-order valence-electron chi connectivity index (χ0n) is 9.73. The van der Waals surface area contributed by atoms with Gasteiger partial charge in [-0.3, -0.25) is 4.79 Å². The van der Waals surface area contributed by atoms with Crippen LogP contribution in [-0.2, 0) is 11.2 Å². The van der Waals surface area contributed by atoms with Crippen molar-refractivity contribution in [2.75, 3.05) is 13.1 Å². The van der Waals surface area contributed by atoms with E-state index in [1.165, 1.54) is 0 Å². The van der Waals surface area contributed by atoms with Gasteiger partial charge in [-0.25, -0.2) is 0 Å². The fourth-order valence-corrected chi connectivity index (χ4v) is 2.05. The first-order valence-corrected chi connectivity index (χ1v) is 6.02. The fourth-order valence-electron chi connectivity index (χ4n) is 2.05. The molecule has 0 saturated carbocycles. The van der Waals surface area contributed by atoms with Crippen LogP contribution in [0.3, 0.4) is 0 Å². The SMILES string of the molecule is O=C(C1CCCN1)N(F)CCc1ccccc1. The summed E-state index contributed by atoms with van der Waals surface area (Å²) in [5, 5.41) is 3.35. The number of amides is 1. The predicted molar refractivity (Wildman–Crippen MR) is 64.0 cm³/mol. The maximum Gasteiger partial charge on any atom is 0.267 e. The molecule has 1 aromatic carbocycles. The predicted octanol–water partition coefficient (Wildman–Crippen LogP) is 1.69. The Morgan fingerprint density at radius 1 is 1.41 bits per heavy atom. The number of carbonyl (C=O) groups excluding carboxylic acids is 1. The zero-order chi connectivity index (χ0) is 12.1. The second kappa shape index (κ2) is 5.77. The van der Waals surface area contributed by atoms with Gasteiger partial charge < -0.3 is 5.32 Å². The highest BCUT2D eigenvalue weighted by Crippen LogP contribution is 2.10. The van der Waals surface area contributed by atoms with Crippen LogP contribution in [0.2, 0.25) is 0 Å². The van der Waals surface area contributed by atoms with Gasteiger partial charge in [0.05, 0.1) is 12.6 Å². The summed E-state index contributed by atoms with van der Waals surface area (Å²) in [6, 6.07) is 9.30. The lowest BCUT2D eigenvalue weighted by Crippen LogP contribution is -2.40. The molecule has 0 bridgehead atoms. The lowest BCUT2D eigenvalue weighted by molar-refractivity contribution is -0.148. The van der Waals surface area contributed by atoms with Crippen molar-refractivity contribution < 1.29 is 9.28 Å². The molecule has 1 aliphatic heterocycles. The number of hydrogen-bond donors (Lipinski definition) is 1. The van der Waals surface area contributed by atoms with Crippen molar-refractivity contribution >= 4 is 5.91 Å². The Kier molecular flexibility index (Phi) is 4.09. The van der Waals surface area contributed by atoms with Gasteiger partial charge >= 0.3 is 0 Å². The van der Waals surface area contributed by atoms with Crippen molar-refractivity contribution in [1.29, 1.82) is 0 Å². The standard InChI is InChI=1S/C13H17FN2O/c14-16(13(17)12-7-4-9-15-12)10-8-11-5-2-1-3-6-11/h1-3,5-6,12,15H,4,7-10H2. The second-order valence-electron chi connectivity index (χ2n) is 4.31. The van der Waals surface area contributed by atoms with E-state index in [4.69, 9.17) is 0 Å². The van der Waals surface area contributed by atoms with E-state index >= 15 is 0 Å². The van der Waals surface area contributed by atoms with Crippen LogP contribution in [0.1, 0.15) is 18.4 Å². The van der Waals surface area contributed by atoms with Gasteiger partial charge in [-0.1, -0.05) is 34.8 Å². The maximum atomic E-state index is 13.6.